The predicted molar refractivity (Wildman–Crippen MR) is 55.0 cm³/mol. The number of methoxy groups -OCH3 is 1. The topological polar surface area (TPSA) is 43.4 Å². The first-order valence-electron chi connectivity index (χ1n) is 4.43. The van der Waals surface area contributed by atoms with Gasteiger partial charge in [-0.2, -0.15) is 0 Å². The van der Waals surface area contributed by atoms with Gasteiger partial charge in [-0.05, 0) is 18.6 Å². The van der Waals surface area contributed by atoms with Crippen molar-refractivity contribution in [2.75, 3.05) is 19.5 Å². The molecule has 0 spiro atoms. The summed E-state index contributed by atoms with van der Waals surface area (Å²) in [5, 5.41) is 0. The third-order valence-electron chi connectivity index (χ3n) is 1.86. The molecular weight excluding hydrogens is 200 g/mol. The summed E-state index contributed by atoms with van der Waals surface area (Å²) >= 11 is 0. The lowest BCUT2D eigenvalue weighted by Crippen LogP contribution is -2.08. The fourth-order valence-corrected chi connectivity index (χ4v) is 2.44. The Hall–Kier alpha value is -0.870. The van der Waals surface area contributed by atoms with Gasteiger partial charge >= 0.3 is 0 Å². The fourth-order valence-electron chi connectivity index (χ4n) is 1.14. The standard InChI is InChI=1S/C10H14O3S/c1-13-8-5-9-14(11,12)10-6-3-2-4-7-10/h2-4,6-7H,5,8-9H2,1H3. The highest BCUT2D eigenvalue weighted by Gasteiger charge is 2.12. The smallest absolute Gasteiger partial charge is 0.178 e. The lowest BCUT2D eigenvalue weighted by atomic mass is 10.4. The summed E-state index contributed by atoms with van der Waals surface area (Å²) in [7, 11) is -1.55. The van der Waals surface area contributed by atoms with E-state index in [1.54, 1.807) is 37.4 Å². The molecule has 0 aromatic heterocycles. The molecule has 4 heteroatoms. The quantitative estimate of drug-likeness (QED) is 0.698. The molecule has 1 rings (SSSR count). The third kappa shape index (κ3) is 3.12. The summed E-state index contributed by atoms with van der Waals surface area (Å²) in [4.78, 5) is 0.385. The van der Waals surface area contributed by atoms with Crippen molar-refractivity contribution in [3.8, 4) is 0 Å². The second-order valence-electron chi connectivity index (χ2n) is 2.98. The molecule has 0 unspecified atom stereocenters. The first-order chi connectivity index (χ1) is 6.67. The molecule has 1 aromatic rings. The van der Waals surface area contributed by atoms with Gasteiger partial charge in [0.05, 0.1) is 10.6 Å². The zero-order valence-electron chi connectivity index (χ0n) is 8.14. The molecule has 0 atom stereocenters. The SMILES string of the molecule is COCCCS(=O)(=O)c1ccccc1. The van der Waals surface area contributed by atoms with Gasteiger partial charge in [0.25, 0.3) is 0 Å². The van der Waals surface area contributed by atoms with Crippen LogP contribution in [0.2, 0.25) is 0 Å². The van der Waals surface area contributed by atoms with Gasteiger partial charge in [0, 0.05) is 13.7 Å². The van der Waals surface area contributed by atoms with Crippen LogP contribution in [-0.2, 0) is 14.6 Å². The van der Waals surface area contributed by atoms with E-state index in [2.05, 4.69) is 0 Å². The number of hydrogen-bond acceptors (Lipinski definition) is 3. The van der Waals surface area contributed by atoms with Gasteiger partial charge in [-0.3, -0.25) is 0 Å². The van der Waals surface area contributed by atoms with Crippen LogP contribution in [0.4, 0.5) is 0 Å². The van der Waals surface area contributed by atoms with Crippen molar-refractivity contribution in [2.45, 2.75) is 11.3 Å². The maximum Gasteiger partial charge on any atom is 0.178 e. The van der Waals surface area contributed by atoms with Crippen molar-refractivity contribution in [3.63, 3.8) is 0 Å². The van der Waals surface area contributed by atoms with Crippen molar-refractivity contribution >= 4 is 9.84 Å². The lowest BCUT2D eigenvalue weighted by Gasteiger charge is -2.03. The third-order valence-corrected chi connectivity index (χ3v) is 3.68. The molecule has 78 valence electrons. The Labute approximate surface area is 84.6 Å². The molecule has 0 N–H and O–H groups in total. The number of rotatable bonds is 5. The van der Waals surface area contributed by atoms with Gasteiger partial charge in [-0.15, -0.1) is 0 Å². The summed E-state index contributed by atoms with van der Waals surface area (Å²) in [6, 6.07) is 8.48. The molecule has 0 saturated heterocycles. The van der Waals surface area contributed by atoms with Gasteiger partial charge in [-0.1, -0.05) is 18.2 Å². The van der Waals surface area contributed by atoms with E-state index >= 15 is 0 Å². The van der Waals surface area contributed by atoms with Crippen LogP contribution >= 0.6 is 0 Å². The molecule has 0 aliphatic carbocycles. The van der Waals surface area contributed by atoms with Crippen LogP contribution in [0, 0.1) is 0 Å². The van der Waals surface area contributed by atoms with Crippen molar-refractivity contribution in [3.05, 3.63) is 30.3 Å². The lowest BCUT2D eigenvalue weighted by molar-refractivity contribution is 0.199. The Balaban J connectivity index is 2.67. The summed E-state index contributed by atoms with van der Waals surface area (Å²) in [6.07, 6.45) is 0.535. The Kier molecular flexibility index (Phi) is 4.10. The Morgan fingerprint density at radius 1 is 1.21 bits per heavy atom. The van der Waals surface area contributed by atoms with Gasteiger partial charge in [0.2, 0.25) is 0 Å². The molecule has 0 radical (unpaired) electrons. The second kappa shape index (κ2) is 5.12. The van der Waals surface area contributed by atoms with Crippen molar-refractivity contribution in [1.82, 2.24) is 0 Å². The van der Waals surface area contributed by atoms with Crippen molar-refractivity contribution in [1.29, 1.82) is 0 Å². The first-order valence-corrected chi connectivity index (χ1v) is 6.09. The second-order valence-corrected chi connectivity index (χ2v) is 5.09. The minimum Gasteiger partial charge on any atom is -0.385 e. The van der Waals surface area contributed by atoms with Crippen molar-refractivity contribution < 1.29 is 13.2 Å². The van der Waals surface area contributed by atoms with Gasteiger partial charge in [0.1, 0.15) is 0 Å². The number of ether oxygens (including phenoxy) is 1. The molecule has 14 heavy (non-hydrogen) atoms. The summed E-state index contributed by atoms with van der Waals surface area (Å²) in [6.45, 7) is 0.478. The molecule has 0 amide bonds. The largest absolute Gasteiger partial charge is 0.385 e. The first kappa shape index (κ1) is 11.2. The van der Waals surface area contributed by atoms with Gasteiger partial charge in [-0.25, -0.2) is 8.42 Å². The van der Waals surface area contributed by atoms with E-state index < -0.39 is 9.84 Å². The monoisotopic (exact) mass is 214 g/mol. The number of sulfone groups is 1. The van der Waals surface area contributed by atoms with Gasteiger partial charge < -0.3 is 4.74 Å². The zero-order chi connectivity index (χ0) is 10.4. The molecule has 0 aliphatic rings. The van der Waals surface area contributed by atoms with Crippen LogP contribution in [-0.4, -0.2) is 27.9 Å². The van der Waals surface area contributed by atoms with Crippen LogP contribution in [0.25, 0.3) is 0 Å². The highest BCUT2D eigenvalue weighted by Crippen LogP contribution is 2.10. The maximum atomic E-state index is 11.7. The number of benzene rings is 1. The molecular formula is C10H14O3S. The predicted octanol–water partition coefficient (Wildman–Crippen LogP) is 1.50. The minimum atomic E-state index is -3.11. The molecule has 0 heterocycles. The highest BCUT2D eigenvalue weighted by molar-refractivity contribution is 7.91. The summed E-state index contributed by atoms with van der Waals surface area (Å²) in [5.41, 5.74) is 0. The van der Waals surface area contributed by atoms with Crippen LogP contribution in [0.15, 0.2) is 35.2 Å². The Morgan fingerprint density at radius 2 is 1.86 bits per heavy atom. The van der Waals surface area contributed by atoms with E-state index in [1.807, 2.05) is 0 Å². The zero-order valence-corrected chi connectivity index (χ0v) is 8.96. The summed E-state index contributed by atoms with van der Waals surface area (Å²) in [5.74, 6) is 0.144. The fraction of sp³-hybridized carbons (Fsp3) is 0.400. The molecule has 1 aromatic carbocycles. The molecule has 0 aliphatic heterocycles. The van der Waals surface area contributed by atoms with Crippen LogP contribution in [0.5, 0.6) is 0 Å². The van der Waals surface area contributed by atoms with E-state index in [0.29, 0.717) is 17.9 Å². The summed E-state index contributed by atoms with van der Waals surface area (Å²) < 4.78 is 28.1. The highest BCUT2D eigenvalue weighted by atomic mass is 32.2. The minimum absolute atomic E-state index is 0.144. The average molecular weight is 214 g/mol. The van der Waals surface area contributed by atoms with E-state index in [4.69, 9.17) is 4.74 Å². The van der Waals surface area contributed by atoms with Crippen molar-refractivity contribution in [2.24, 2.45) is 0 Å². The normalized spacial score (nSPS) is 11.5. The van der Waals surface area contributed by atoms with Crippen LogP contribution < -0.4 is 0 Å². The van der Waals surface area contributed by atoms with Crippen LogP contribution in [0.3, 0.4) is 0 Å². The van der Waals surface area contributed by atoms with E-state index in [9.17, 15) is 8.42 Å². The molecule has 0 bridgehead atoms. The van der Waals surface area contributed by atoms with E-state index in [0.717, 1.165) is 0 Å². The molecule has 0 saturated carbocycles. The Bertz CT molecular complexity index is 356. The average Bonchev–Trinajstić information content (AvgIpc) is 2.19. The maximum absolute atomic E-state index is 11.7. The Morgan fingerprint density at radius 3 is 2.43 bits per heavy atom. The molecule has 0 fully saturated rings. The van der Waals surface area contributed by atoms with Gasteiger partial charge in [0.15, 0.2) is 9.84 Å². The van der Waals surface area contributed by atoms with Crippen LogP contribution in [0.1, 0.15) is 6.42 Å². The van der Waals surface area contributed by atoms with E-state index in [-0.39, 0.29) is 5.75 Å². The molecule has 3 nitrogen and oxygen atoms in total. The number of hydrogen-bond donors (Lipinski definition) is 0. The van der Waals surface area contributed by atoms with E-state index in [1.165, 1.54) is 0 Å².